The lowest BCUT2D eigenvalue weighted by Gasteiger charge is -2.09. The summed E-state index contributed by atoms with van der Waals surface area (Å²) in [6.45, 7) is 1.51. The number of thioether (sulfide) groups is 1. The number of carboxylic acid groups (broad SMARTS) is 1. The number of hydrogen-bond donors (Lipinski definition) is 1. The summed E-state index contributed by atoms with van der Waals surface area (Å²) in [5.74, 6) is -0.690. The van der Waals surface area contributed by atoms with E-state index < -0.39 is 5.97 Å². The SMILES string of the molecule is Cc1oc(CN2C(=O)CSC2=O)cc1C(=O)O. The fourth-order valence-electron chi connectivity index (χ4n) is 1.52. The van der Waals surface area contributed by atoms with Crippen molar-refractivity contribution in [3.8, 4) is 0 Å². The van der Waals surface area contributed by atoms with Crippen molar-refractivity contribution in [2.75, 3.05) is 5.75 Å². The normalized spacial score (nSPS) is 15.7. The van der Waals surface area contributed by atoms with Gasteiger partial charge in [0.1, 0.15) is 17.1 Å². The second kappa shape index (κ2) is 4.25. The molecule has 0 radical (unpaired) electrons. The molecule has 90 valence electrons. The lowest BCUT2D eigenvalue weighted by molar-refractivity contribution is -0.125. The lowest BCUT2D eigenvalue weighted by Crippen LogP contribution is -2.27. The molecule has 1 aliphatic rings. The fraction of sp³-hybridized carbons (Fsp3) is 0.300. The van der Waals surface area contributed by atoms with Crippen LogP contribution in [0.3, 0.4) is 0 Å². The molecule has 1 aromatic rings. The lowest BCUT2D eigenvalue weighted by atomic mass is 10.2. The van der Waals surface area contributed by atoms with E-state index in [1.165, 1.54) is 13.0 Å². The van der Waals surface area contributed by atoms with E-state index >= 15 is 0 Å². The molecule has 2 amide bonds. The molecule has 1 fully saturated rings. The highest BCUT2D eigenvalue weighted by atomic mass is 32.2. The van der Waals surface area contributed by atoms with Crippen LogP contribution in [0.4, 0.5) is 4.79 Å². The van der Waals surface area contributed by atoms with Crippen LogP contribution in [-0.4, -0.2) is 32.9 Å². The van der Waals surface area contributed by atoms with Gasteiger partial charge in [-0.2, -0.15) is 0 Å². The van der Waals surface area contributed by atoms with Crippen molar-refractivity contribution in [2.45, 2.75) is 13.5 Å². The first-order valence-electron chi connectivity index (χ1n) is 4.78. The molecule has 2 rings (SSSR count). The highest BCUT2D eigenvalue weighted by molar-refractivity contribution is 8.14. The van der Waals surface area contributed by atoms with E-state index in [2.05, 4.69) is 0 Å². The molecule has 2 heterocycles. The van der Waals surface area contributed by atoms with E-state index in [1.807, 2.05) is 0 Å². The Labute approximate surface area is 101 Å². The molecule has 7 heteroatoms. The van der Waals surface area contributed by atoms with Crippen LogP contribution in [-0.2, 0) is 11.3 Å². The summed E-state index contributed by atoms with van der Waals surface area (Å²) >= 11 is 0.929. The Hall–Kier alpha value is -1.76. The molecular weight excluding hydrogens is 246 g/mol. The first-order valence-corrected chi connectivity index (χ1v) is 5.77. The second-order valence-corrected chi connectivity index (χ2v) is 4.45. The smallest absolute Gasteiger partial charge is 0.339 e. The van der Waals surface area contributed by atoms with Gasteiger partial charge >= 0.3 is 5.97 Å². The van der Waals surface area contributed by atoms with Gasteiger partial charge in [-0.15, -0.1) is 0 Å². The number of aromatic carboxylic acids is 1. The van der Waals surface area contributed by atoms with Gasteiger partial charge in [-0.3, -0.25) is 14.5 Å². The fourth-order valence-corrected chi connectivity index (χ4v) is 2.25. The largest absolute Gasteiger partial charge is 0.478 e. The van der Waals surface area contributed by atoms with Gasteiger partial charge in [0.25, 0.3) is 5.24 Å². The maximum absolute atomic E-state index is 11.3. The van der Waals surface area contributed by atoms with Crippen LogP contribution in [0.1, 0.15) is 21.9 Å². The zero-order valence-electron chi connectivity index (χ0n) is 8.93. The third-order valence-corrected chi connectivity index (χ3v) is 3.21. The van der Waals surface area contributed by atoms with Crippen LogP contribution < -0.4 is 0 Å². The van der Waals surface area contributed by atoms with Gasteiger partial charge in [-0.25, -0.2) is 4.79 Å². The van der Waals surface area contributed by atoms with Crippen LogP contribution in [0.15, 0.2) is 10.5 Å². The Bertz CT molecular complexity index is 491. The van der Waals surface area contributed by atoms with E-state index in [0.717, 1.165) is 16.7 Å². The number of nitrogens with zero attached hydrogens (tertiary/aromatic N) is 1. The van der Waals surface area contributed by atoms with Crippen molar-refractivity contribution in [1.29, 1.82) is 0 Å². The number of carbonyl (C=O) groups is 3. The van der Waals surface area contributed by atoms with Gasteiger partial charge in [-0.05, 0) is 13.0 Å². The molecule has 1 aromatic heterocycles. The molecule has 0 spiro atoms. The van der Waals surface area contributed by atoms with E-state index in [0.29, 0.717) is 5.76 Å². The summed E-state index contributed by atoms with van der Waals surface area (Å²) in [6.07, 6.45) is 0. The van der Waals surface area contributed by atoms with Crippen molar-refractivity contribution in [3.05, 3.63) is 23.2 Å². The second-order valence-electron chi connectivity index (χ2n) is 3.52. The van der Waals surface area contributed by atoms with Crippen molar-refractivity contribution in [2.24, 2.45) is 0 Å². The standard InChI is InChI=1S/C10H9NO5S/c1-5-7(9(13)14)2-6(16-5)3-11-8(12)4-17-10(11)15/h2H,3-4H2,1H3,(H,13,14). The zero-order chi connectivity index (χ0) is 12.6. The minimum atomic E-state index is -1.09. The minimum absolute atomic E-state index is 0.0151. The van der Waals surface area contributed by atoms with Crippen LogP contribution >= 0.6 is 11.8 Å². The van der Waals surface area contributed by atoms with Gasteiger partial charge in [-0.1, -0.05) is 11.8 Å². The van der Waals surface area contributed by atoms with Crippen LogP contribution in [0.5, 0.6) is 0 Å². The van der Waals surface area contributed by atoms with Gasteiger partial charge in [0.2, 0.25) is 5.91 Å². The molecule has 6 nitrogen and oxygen atoms in total. The van der Waals surface area contributed by atoms with Crippen LogP contribution in [0, 0.1) is 6.92 Å². The first-order chi connectivity index (χ1) is 7.99. The van der Waals surface area contributed by atoms with Crippen LogP contribution in [0.2, 0.25) is 0 Å². The molecule has 1 aliphatic heterocycles. The van der Waals surface area contributed by atoms with Gasteiger partial charge in [0, 0.05) is 0 Å². The Balaban J connectivity index is 2.19. The van der Waals surface area contributed by atoms with E-state index in [9.17, 15) is 14.4 Å². The maximum Gasteiger partial charge on any atom is 0.339 e. The van der Waals surface area contributed by atoms with Crippen molar-refractivity contribution < 1.29 is 23.9 Å². The van der Waals surface area contributed by atoms with Crippen molar-refractivity contribution >= 4 is 28.9 Å². The highest BCUT2D eigenvalue weighted by Gasteiger charge is 2.31. The van der Waals surface area contributed by atoms with Gasteiger partial charge < -0.3 is 9.52 Å². The highest BCUT2D eigenvalue weighted by Crippen LogP contribution is 2.23. The number of imide groups is 1. The predicted molar refractivity (Wildman–Crippen MR) is 58.8 cm³/mol. The van der Waals surface area contributed by atoms with Crippen LogP contribution in [0.25, 0.3) is 0 Å². The average Bonchev–Trinajstić information content (AvgIpc) is 2.76. The Morgan fingerprint density at radius 3 is 2.76 bits per heavy atom. The molecule has 0 saturated carbocycles. The topological polar surface area (TPSA) is 87.8 Å². The summed E-state index contributed by atoms with van der Waals surface area (Å²) < 4.78 is 5.20. The third-order valence-electron chi connectivity index (χ3n) is 2.35. The zero-order valence-corrected chi connectivity index (χ0v) is 9.74. The summed E-state index contributed by atoms with van der Waals surface area (Å²) in [7, 11) is 0. The van der Waals surface area contributed by atoms with Crippen molar-refractivity contribution in [3.63, 3.8) is 0 Å². The Morgan fingerprint density at radius 1 is 1.59 bits per heavy atom. The minimum Gasteiger partial charge on any atom is -0.478 e. The monoisotopic (exact) mass is 255 g/mol. The number of hydrogen-bond acceptors (Lipinski definition) is 5. The van der Waals surface area contributed by atoms with E-state index in [4.69, 9.17) is 9.52 Å². The number of furan rings is 1. The summed E-state index contributed by atoms with van der Waals surface area (Å²) in [5, 5.41) is 8.50. The average molecular weight is 255 g/mol. The summed E-state index contributed by atoms with van der Waals surface area (Å²) in [5.41, 5.74) is 0.0479. The van der Waals surface area contributed by atoms with Gasteiger partial charge in [0.05, 0.1) is 12.3 Å². The molecular formula is C10H9NO5S. The molecule has 0 unspecified atom stereocenters. The Kier molecular flexibility index (Phi) is 2.93. The first kappa shape index (κ1) is 11.7. The van der Waals surface area contributed by atoms with E-state index in [-0.39, 0.29) is 34.8 Å². The number of rotatable bonds is 3. The number of amides is 2. The molecule has 0 aliphatic carbocycles. The van der Waals surface area contributed by atoms with Gasteiger partial charge in [0.15, 0.2) is 0 Å². The third kappa shape index (κ3) is 2.19. The Morgan fingerprint density at radius 2 is 2.29 bits per heavy atom. The van der Waals surface area contributed by atoms with E-state index in [1.54, 1.807) is 0 Å². The number of carbonyl (C=O) groups excluding carboxylic acids is 2. The molecule has 17 heavy (non-hydrogen) atoms. The quantitative estimate of drug-likeness (QED) is 0.880. The summed E-state index contributed by atoms with van der Waals surface area (Å²) in [4.78, 5) is 34.5. The molecule has 1 saturated heterocycles. The number of carboxylic acids is 1. The predicted octanol–water partition coefficient (Wildman–Crippen LogP) is 1.48. The number of aryl methyl sites for hydroxylation is 1. The molecule has 1 N–H and O–H groups in total. The molecule has 0 atom stereocenters. The summed E-state index contributed by atoms with van der Waals surface area (Å²) in [6, 6.07) is 1.33. The molecule has 0 aromatic carbocycles. The molecule has 0 bridgehead atoms. The maximum atomic E-state index is 11.3. The van der Waals surface area contributed by atoms with Crippen molar-refractivity contribution in [1.82, 2.24) is 4.90 Å².